The van der Waals surface area contributed by atoms with Crippen molar-refractivity contribution in [3.05, 3.63) is 35.4 Å². The number of esters is 1. The summed E-state index contributed by atoms with van der Waals surface area (Å²) in [5.74, 6) is -0.843. The van der Waals surface area contributed by atoms with Gasteiger partial charge in [0, 0.05) is 18.1 Å². The molecule has 4 nitrogen and oxygen atoms in total. The third-order valence-electron chi connectivity index (χ3n) is 1.84. The van der Waals surface area contributed by atoms with Gasteiger partial charge in [0.1, 0.15) is 0 Å². The van der Waals surface area contributed by atoms with Crippen LogP contribution in [0.25, 0.3) is 0 Å². The fraction of sp³-hybridized carbons (Fsp3) is 0.182. The van der Waals surface area contributed by atoms with Gasteiger partial charge in [0.2, 0.25) is 0 Å². The van der Waals surface area contributed by atoms with Crippen LogP contribution in [-0.4, -0.2) is 23.6 Å². The molecule has 5 heteroatoms. The molecule has 84 valence electrons. The fourth-order valence-electron chi connectivity index (χ4n) is 1.04. The Labute approximate surface area is 97.2 Å². The first kappa shape index (κ1) is 12.4. The third-order valence-corrected chi connectivity index (χ3v) is 2.06. The Morgan fingerprint density at radius 3 is 2.06 bits per heavy atom. The number of rotatable bonds is 4. The van der Waals surface area contributed by atoms with E-state index in [4.69, 9.17) is 11.6 Å². The van der Waals surface area contributed by atoms with E-state index in [9.17, 15) is 14.4 Å². The van der Waals surface area contributed by atoms with Crippen LogP contribution in [0.2, 0.25) is 0 Å². The van der Waals surface area contributed by atoms with Gasteiger partial charge in [-0.1, -0.05) is 12.1 Å². The van der Waals surface area contributed by atoms with Crippen molar-refractivity contribution in [1.82, 2.24) is 0 Å². The molecular formula is C11H9ClO4. The normalized spacial score (nSPS) is 9.62. The lowest BCUT2D eigenvalue weighted by molar-refractivity contribution is -0.139. The Bertz CT molecular complexity index is 422. The summed E-state index contributed by atoms with van der Waals surface area (Å²) < 4.78 is 4.55. The number of Topliss-reactive ketones (excluding diaryl/α,β-unsaturated/α-hetero) is 1. The second-order valence-electron chi connectivity index (χ2n) is 3.05. The number of carbonyl (C=O) groups excluding carboxylic acids is 3. The average molecular weight is 241 g/mol. The van der Waals surface area contributed by atoms with Crippen molar-refractivity contribution >= 4 is 28.6 Å². The molecule has 0 atom stereocenters. The van der Waals surface area contributed by atoms with Gasteiger partial charge in [-0.3, -0.25) is 14.4 Å². The maximum absolute atomic E-state index is 11.4. The lowest BCUT2D eigenvalue weighted by Gasteiger charge is -2.01. The molecule has 1 aromatic carbocycles. The van der Waals surface area contributed by atoms with Crippen LogP contribution in [-0.2, 0) is 9.53 Å². The monoisotopic (exact) mass is 240 g/mol. The lowest BCUT2D eigenvalue weighted by atomic mass is 10.1. The summed E-state index contributed by atoms with van der Waals surface area (Å²) >= 11 is 5.24. The summed E-state index contributed by atoms with van der Waals surface area (Å²) in [6.07, 6.45) is 0. The summed E-state index contributed by atoms with van der Waals surface area (Å²) in [5.41, 5.74) is 0.675. The highest BCUT2D eigenvalue weighted by molar-refractivity contribution is 6.67. The van der Waals surface area contributed by atoms with Crippen LogP contribution in [0.5, 0.6) is 0 Å². The van der Waals surface area contributed by atoms with E-state index in [0.29, 0.717) is 11.1 Å². The number of carbonyl (C=O) groups is 3. The van der Waals surface area contributed by atoms with Gasteiger partial charge in [-0.15, -0.1) is 0 Å². The topological polar surface area (TPSA) is 60.4 Å². The average Bonchev–Trinajstić information content (AvgIpc) is 2.26. The molecule has 0 saturated heterocycles. The molecule has 0 aliphatic heterocycles. The molecular weight excluding hydrogens is 232 g/mol. The van der Waals surface area contributed by atoms with Crippen LogP contribution in [0, 0.1) is 0 Å². The summed E-state index contributed by atoms with van der Waals surface area (Å²) in [5, 5.41) is -0.584. The molecule has 1 aromatic rings. The molecule has 0 spiro atoms. The fourth-order valence-corrected chi connectivity index (χ4v) is 1.16. The minimum absolute atomic E-state index is 0.302. The van der Waals surface area contributed by atoms with E-state index in [1.807, 2.05) is 0 Å². The van der Waals surface area contributed by atoms with Gasteiger partial charge in [0.15, 0.2) is 12.4 Å². The molecule has 0 N–H and O–H groups in total. The molecule has 0 unspecified atom stereocenters. The predicted octanol–water partition coefficient (Wildman–Crippen LogP) is 1.81. The maximum atomic E-state index is 11.4. The summed E-state index contributed by atoms with van der Waals surface area (Å²) in [4.78, 5) is 32.7. The second-order valence-corrected chi connectivity index (χ2v) is 3.40. The first-order valence-electron chi connectivity index (χ1n) is 4.47. The molecule has 0 aromatic heterocycles. The van der Waals surface area contributed by atoms with E-state index in [0.717, 1.165) is 0 Å². The van der Waals surface area contributed by atoms with Crippen molar-refractivity contribution < 1.29 is 19.1 Å². The van der Waals surface area contributed by atoms with Crippen LogP contribution < -0.4 is 0 Å². The van der Waals surface area contributed by atoms with Gasteiger partial charge < -0.3 is 4.74 Å². The lowest BCUT2D eigenvalue weighted by Crippen LogP contribution is -2.11. The van der Waals surface area contributed by atoms with Gasteiger partial charge in [0.25, 0.3) is 5.24 Å². The molecule has 0 aliphatic carbocycles. The van der Waals surface area contributed by atoms with Crippen molar-refractivity contribution in [1.29, 1.82) is 0 Å². The van der Waals surface area contributed by atoms with Crippen LogP contribution in [0.3, 0.4) is 0 Å². The van der Waals surface area contributed by atoms with E-state index in [1.165, 1.54) is 31.2 Å². The van der Waals surface area contributed by atoms with Crippen molar-refractivity contribution in [3.8, 4) is 0 Å². The molecule has 0 amide bonds. The third kappa shape index (κ3) is 3.47. The summed E-state index contributed by atoms with van der Waals surface area (Å²) in [7, 11) is 0. The van der Waals surface area contributed by atoms with Crippen LogP contribution >= 0.6 is 11.6 Å². The number of ketones is 1. The Kier molecular flexibility index (Phi) is 4.19. The minimum Gasteiger partial charge on any atom is -0.457 e. The van der Waals surface area contributed by atoms with Crippen molar-refractivity contribution in [2.24, 2.45) is 0 Å². The molecule has 0 fully saturated rings. The minimum atomic E-state index is -0.584. The predicted molar refractivity (Wildman–Crippen MR) is 57.6 cm³/mol. The van der Waals surface area contributed by atoms with E-state index in [1.54, 1.807) is 0 Å². The molecule has 16 heavy (non-hydrogen) atoms. The largest absolute Gasteiger partial charge is 0.457 e. The number of benzene rings is 1. The molecule has 0 heterocycles. The molecule has 1 rings (SSSR count). The van der Waals surface area contributed by atoms with E-state index in [-0.39, 0.29) is 12.4 Å². The highest BCUT2D eigenvalue weighted by Crippen LogP contribution is 2.08. The van der Waals surface area contributed by atoms with Crippen LogP contribution in [0.1, 0.15) is 27.6 Å². The quantitative estimate of drug-likeness (QED) is 0.458. The summed E-state index contributed by atoms with van der Waals surface area (Å²) in [6.45, 7) is 0.923. The highest BCUT2D eigenvalue weighted by Gasteiger charge is 2.08. The Balaban J connectivity index is 2.70. The van der Waals surface area contributed by atoms with Crippen LogP contribution in [0.15, 0.2) is 24.3 Å². The van der Waals surface area contributed by atoms with Crippen molar-refractivity contribution in [2.75, 3.05) is 6.61 Å². The Morgan fingerprint density at radius 2 is 1.62 bits per heavy atom. The van der Waals surface area contributed by atoms with Crippen molar-refractivity contribution in [2.45, 2.75) is 6.92 Å². The number of hydrogen-bond acceptors (Lipinski definition) is 4. The van der Waals surface area contributed by atoms with Gasteiger partial charge in [-0.25, -0.2) is 0 Å². The van der Waals surface area contributed by atoms with Gasteiger partial charge in [-0.05, 0) is 23.7 Å². The van der Waals surface area contributed by atoms with E-state index in [2.05, 4.69) is 4.74 Å². The molecule has 0 saturated carbocycles. The Hall–Kier alpha value is -1.68. The first-order valence-corrected chi connectivity index (χ1v) is 4.85. The van der Waals surface area contributed by atoms with Gasteiger partial charge in [0.05, 0.1) is 0 Å². The van der Waals surface area contributed by atoms with Gasteiger partial charge >= 0.3 is 5.97 Å². The second kappa shape index (κ2) is 5.42. The zero-order valence-electron chi connectivity index (χ0n) is 8.53. The van der Waals surface area contributed by atoms with Gasteiger partial charge in [-0.2, -0.15) is 0 Å². The number of ether oxygens (including phenoxy) is 1. The Morgan fingerprint density at radius 1 is 1.12 bits per heavy atom. The standard InChI is InChI=1S/C11H9ClO4/c1-7(13)16-6-10(14)8-2-4-9(5-3-8)11(12)15/h2-5H,6H2,1H3. The zero-order chi connectivity index (χ0) is 12.1. The number of hydrogen-bond donors (Lipinski definition) is 0. The van der Waals surface area contributed by atoms with Crippen LogP contribution in [0.4, 0.5) is 0 Å². The zero-order valence-corrected chi connectivity index (χ0v) is 9.28. The molecule has 0 radical (unpaired) electrons. The SMILES string of the molecule is CC(=O)OCC(=O)c1ccc(C(=O)Cl)cc1. The highest BCUT2D eigenvalue weighted by atomic mass is 35.5. The smallest absolute Gasteiger partial charge is 0.303 e. The molecule has 0 aliphatic rings. The molecule has 0 bridgehead atoms. The number of halogens is 1. The summed E-state index contributed by atoms with van der Waals surface area (Å²) in [6, 6.07) is 5.80. The van der Waals surface area contributed by atoms with E-state index >= 15 is 0 Å². The van der Waals surface area contributed by atoms with Crippen molar-refractivity contribution in [3.63, 3.8) is 0 Å². The van der Waals surface area contributed by atoms with E-state index < -0.39 is 11.2 Å². The maximum Gasteiger partial charge on any atom is 0.303 e. The first-order chi connectivity index (χ1) is 7.50.